The van der Waals surface area contributed by atoms with E-state index in [0.717, 1.165) is 45.3 Å². The maximum Gasteiger partial charge on any atom is 0.335 e. The fourth-order valence-electron chi connectivity index (χ4n) is 5.95. The molecule has 5 aromatic carbocycles. The Labute approximate surface area is 258 Å². The number of carboxylic acid groups (broad SMARTS) is 1. The molecule has 7 heteroatoms. The molecular formula is C38H28F2N2O3. The quantitative estimate of drug-likeness (QED) is 0.185. The first-order valence-corrected chi connectivity index (χ1v) is 14.7. The highest BCUT2D eigenvalue weighted by atomic mass is 19.2. The number of carbonyl (C=O) groups is 2. The second kappa shape index (κ2) is 11.2. The predicted octanol–water partition coefficient (Wildman–Crippen LogP) is 8.42. The highest BCUT2D eigenvalue weighted by Crippen LogP contribution is 2.46. The molecule has 0 radical (unpaired) electrons. The summed E-state index contributed by atoms with van der Waals surface area (Å²) in [5.74, 6) is -3.21. The molecule has 0 atom stereocenters. The number of carbonyl (C=O) groups excluding carboxylic acids is 1. The summed E-state index contributed by atoms with van der Waals surface area (Å²) >= 11 is 0. The molecule has 1 saturated carbocycles. The molecule has 1 aliphatic carbocycles. The fourth-order valence-corrected chi connectivity index (χ4v) is 5.95. The van der Waals surface area contributed by atoms with Gasteiger partial charge in [-0.05, 0) is 88.7 Å². The number of nitrogens with zero attached hydrogens (tertiary/aromatic N) is 1. The number of nitrogens with one attached hydrogen (secondary N) is 1. The Bertz CT molecular complexity index is 2060. The van der Waals surface area contributed by atoms with Crippen molar-refractivity contribution in [3.8, 4) is 22.3 Å². The molecule has 45 heavy (non-hydrogen) atoms. The molecule has 1 heterocycles. The van der Waals surface area contributed by atoms with Crippen molar-refractivity contribution >= 4 is 22.8 Å². The van der Waals surface area contributed by atoms with Crippen LogP contribution in [-0.2, 0) is 12.1 Å². The van der Waals surface area contributed by atoms with Crippen molar-refractivity contribution in [1.29, 1.82) is 0 Å². The molecule has 5 nitrogen and oxygen atoms in total. The van der Waals surface area contributed by atoms with Gasteiger partial charge in [-0.3, -0.25) is 4.79 Å². The zero-order valence-electron chi connectivity index (χ0n) is 24.1. The van der Waals surface area contributed by atoms with Gasteiger partial charge in [-0.15, -0.1) is 0 Å². The van der Waals surface area contributed by atoms with Gasteiger partial charge in [-0.2, -0.15) is 0 Å². The van der Waals surface area contributed by atoms with E-state index in [0.29, 0.717) is 36.1 Å². The lowest BCUT2D eigenvalue weighted by atomic mass is 9.98. The SMILES string of the molecule is O=C(O)c1ccc(C2(NC(=O)c3cc(-c4ccc(F)c(F)c4)cc4ccn(Cc5ccc(-c6ccccc6)cc5)c34)CC2)cc1. The standard InChI is InChI=1S/C38H28F2N2O3/c39-33-15-12-28(22-34(33)40)30-20-29-16-19-42(23-24-6-8-26(9-7-24)25-4-2-1-3-5-25)35(29)32(21-30)36(43)41-38(17-18-38)31-13-10-27(11-14-31)37(44)45/h1-16,19-22H,17-18,23H2,(H,41,43)(H,44,45). The van der Waals surface area contributed by atoms with Gasteiger partial charge >= 0.3 is 5.97 Å². The van der Waals surface area contributed by atoms with Crippen molar-refractivity contribution < 1.29 is 23.5 Å². The Balaban J connectivity index is 1.26. The summed E-state index contributed by atoms with van der Waals surface area (Å²) in [6.07, 6.45) is 3.36. The normalized spacial score (nSPS) is 13.5. The van der Waals surface area contributed by atoms with Crippen molar-refractivity contribution in [3.05, 3.63) is 155 Å². The largest absolute Gasteiger partial charge is 0.478 e. The molecular weight excluding hydrogens is 570 g/mol. The number of carboxylic acids is 1. The van der Waals surface area contributed by atoms with Crippen LogP contribution in [0.15, 0.2) is 121 Å². The molecule has 0 unspecified atom stereocenters. The first-order valence-electron chi connectivity index (χ1n) is 14.7. The Kier molecular flexibility index (Phi) is 7.01. The summed E-state index contributed by atoms with van der Waals surface area (Å²) in [5.41, 5.74) is 5.88. The molecule has 1 aliphatic rings. The molecule has 0 saturated heterocycles. The smallest absolute Gasteiger partial charge is 0.335 e. The van der Waals surface area contributed by atoms with Crippen LogP contribution in [0.5, 0.6) is 0 Å². The molecule has 0 spiro atoms. The van der Waals surface area contributed by atoms with Gasteiger partial charge in [0.15, 0.2) is 11.6 Å². The van der Waals surface area contributed by atoms with E-state index >= 15 is 0 Å². The third kappa shape index (κ3) is 5.49. The van der Waals surface area contributed by atoms with Gasteiger partial charge in [0, 0.05) is 18.1 Å². The van der Waals surface area contributed by atoms with Crippen molar-refractivity contribution in [3.63, 3.8) is 0 Å². The molecule has 0 aliphatic heterocycles. The Hall–Kier alpha value is -5.56. The summed E-state index contributed by atoms with van der Waals surface area (Å²) in [7, 11) is 0. The van der Waals surface area contributed by atoms with Crippen LogP contribution in [0.2, 0.25) is 0 Å². The summed E-state index contributed by atoms with van der Waals surface area (Å²) < 4.78 is 30.0. The molecule has 7 rings (SSSR count). The lowest BCUT2D eigenvalue weighted by molar-refractivity contribution is 0.0696. The Morgan fingerprint density at radius 2 is 1.42 bits per heavy atom. The van der Waals surface area contributed by atoms with E-state index in [-0.39, 0.29) is 11.5 Å². The van der Waals surface area contributed by atoms with E-state index in [1.165, 1.54) is 6.07 Å². The molecule has 2 N–H and O–H groups in total. The number of hydrogen-bond acceptors (Lipinski definition) is 2. The number of fused-ring (bicyclic) bond motifs is 1. The zero-order valence-corrected chi connectivity index (χ0v) is 24.1. The van der Waals surface area contributed by atoms with Crippen LogP contribution in [0.25, 0.3) is 33.2 Å². The van der Waals surface area contributed by atoms with E-state index in [9.17, 15) is 23.5 Å². The summed E-state index contributed by atoms with van der Waals surface area (Å²) in [6, 6.07) is 34.3. The number of halogens is 2. The molecule has 0 bridgehead atoms. The molecule has 6 aromatic rings. The van der Waals surface area contributed by atoms with Gasteiger partial charge in [0.2, 0.25) is 0 Å². The lowest BCUT2D eigenvalue weighted by Gasteiger charge is -2.20. The van der Waals surface area contributed by atoms with Crippen LogP contribution in [0.4, 0.5) is 8.78 Å². The Morgan fingerprint density at radius 1 is 0.733 bits per heavy atom. The van der Waals surface area contributed by atoms with E-state index in [1.807, 2.05) is 41.1 Å². The van der Waals surface area contributed by atoms with Gasteiger partial charge < -0.3 is 15.0 Å². The van der Waals surface area contributed by atoms with Crippen molar-refractivity contribution in [2.45, 2.75) is 24.9 Å². The first kappa shape index (κ1) is 28.2. The van der Waals surface area contributed by atoms with Crippen molar-refractivity contribution in [2.75, 3.05) is 0 Å². The number of hydrogen-bond donors (Lipinski definition) is 2. The van der Waals surface area contributed by atoms with Gasteiger partial charge in [0.1, 0.15) is 0 Å². The van der Waals surface area contributed by atoms with Crippen LogP contribution in [-0.4, -0.2) is 21.6 Å². The van der Waals surface area contributed by atoms with E-state index in [4.69, 9.17) is 0 Å². The monoisotopic (exact) mass is 598 g/mol. The fraction of sp³-hybridized carbons (Fsp3) is 0.105. The van der Waals surface area contributed by atoms with Crippen LogP contribution in [0.3, 0.4) is 0 Å². The van der Waals surface area contributed by atoms with Gasteiger partial charge in [0.25, 0.3) is 5.91 Å². The van der Waals surface area contributed by atoms with Crippen LogP contribution < -0.4 is 5.32 Å². The van der Waals surface area contributed by atoms with Crippen LogP contribution >= 0.6 is 0 Å². The third-order valence-electron chi connectivity index (χ3n) is 8.56. The molecule has 222 valence electrons. The summed E-state index contributed by atoms with van der Waals surface area (Å²) in [6.45, 7) is 0.519. The van der Waals surface area contributed by atoms with Crippen LogP contribution in [0.1, 0.15) is 44.7 Å². The van der Waals surface area contributed by atoms with Crippen LogP contribution in [0, 0.1) is 11.6 Å². The number of benzene rings is 5. The van der Waals surface area contributed by atoms with E-state index in [2.05, 4.69) is 41.7 Å². The number of aromatic nitrogens is 1. The molecule has 1 fully saturated rings. The Morgan fingerprint density at radius 3 is 2.09 bits per heavy atom. The maximum atomic E-state index is 14.2. The second-order valence-corrected chi connectivity index (χ2v) is 11.5. The maximum absolute atomic E-state index is 14.2. The third-order valence-corrected chi connectivity index (χ3v) is 8.56. The predicted molar refractivity (Wildman–Crippen MR) is 170 cm³/mol. The van der Waals surface area contributed by atoms with Gasteiger partial charge in [-0.25, -0.2) is 13.6 Å². The molecule has 1 amide bonds. The minimum Gasteiger partial charge on any atom is -0.478 e. The minimum absolute atomic E-state index is 0.177. The number of amides is 1. The van der Waals surface area contributed by atoms with Crippen molar-refractivity contribution in [2.24, 2.45) is 0 Å². The van der Waals surface area contributed by atoms with Crippen molar-refractivity contribution in [1.82, 2.24) is 9.88 Å². The second-order valence-electron chi connectivity index (χ2n) is 11.5. The van der Waals surface area contributed by atoms with E-state index in [1.54, 1.807) is 30.3 Å². The minimum atomic E-state index is -1.01. The average molecular weight is 599 g/mol. The summed E-state index contributed by atoms with van der Waals surface area (Å²) in [4.78, 5) is 25.5. The topological polar surface area (TPSA) is 71.3 Å². The zero-order chi connectivity index (χ0) is 31.1. The highest BCUT2D eigenvalue weighted by molar-refractivity contribution is 6.08. The van der Waals surface area contributed by atoms with Gasteiger partial charge in [-0.1, -0.05) is 72.8 Å². The summed E-state index contributed by atoms with van der Waals surface area (Å²) in [5, 5.41) is 13.3. The first-order chi connectivity index (χ1) is 21.8. The van der Waals surface area contributed by atoms with Gasteiger partial charge in [0.05, 0.1) is 22.2 Å². The molecule has 1 aromatic heterocycles. The lowest BCUT2D eigenvalue weighted by Crippen LogP contribution is -2.35. The number of aromatic carboxylic acids is 1. The highest BCUT2D eigenvalue weighted by Gasteiger charge is 2.46. The average Bonchev–Trinajstić information content (AvgIpc) is 3.74. The van der Waals surface area contributed by atoms with E-state index < -0.39 is 23.1 Å². The number of rotatable bonds is 8.